The highest BCUT2D eigenvalue weighted by atomic mass is 16.5. The number of esters is 1. The SMILES string of the molecule is CCOC(=O)CCNc1ncccc1OC(C)C. The largest absolute Gasteiger partial charge is 0.487 e. The van der Waals surface area contributed by atoms with Crippen LogP contribution in [0.15, 0.2) is 18.3 Å². The van der Waals surface area contributed by atoms with Gasteiger partial charge in [-0.2, -0.15) is 0 Å². The Kier molecular flexibility index (Phi) is 5.97. The first kappa shape index (κ1) is 14.3. The second-order valence-corrected chi connectivity index (χ2v) is 4.00. The third kappa shape index (κ3) is 5.03. The van der Waals surface area contributed by atoms with Gasteiger partial charge in [-0.15, -0.1) is 0 Å². The van der Waals surface area contributed by atoms with E-state index in [-0.39, 0.29) is 12.1 Å². The van der Waals surface area contributed by atoms with Crippen LogP contribution in [0.25, 0.3) is 0 Å². The van der Waals surface area contributed by atoms with Crippen LogP contribution in [-0.4, -0.2) is 30.2 Å². The number of aromatic nitrogens is 1. The Balaban J connectivity index is 2.48. The average molecular weight is 252 g/mol. The minimum Gasteiger partial charge on any atom is -0.487 e. The highest BCUT2D eigenvalue weighted by Crippen LogP contribution is 2.21. The predicted octanol–water partition coefficient (Wildman–Crippen LogP) is 2.23. The maximum atomic E-state index is 11.2. The van der Waals surface area contributed by atoms with Gasteiger partial charge in [0.2, 0.25) is 0 Å². The molecule has 0 spiro atoms. The van der Waals surface area contributed by atoms with Gasteiger partial charge in [-0.05, 0) is 32.9 Å². The van der Waals surface area contributed by atoms with Crippen molar-refractivity contribution in [2.75, 3.05) is 18.5 Å². The molecule has 1 rings (SSSR count). The van der Waals surface area contributed by atoms with Crippen LogP contribution in [0.2, 0.25) is 0 Å². The molecule has 0 aliphatic heterocycles. The molecule has 100 valence electrons. The van der Waals surface area contributed by atoms with Crippen LogP contribution in [0.3, 0.4) is 0 Å². The zero-order chi connectivity index (χ0) is 13.4. The van der Waals surface area contributed by atoms with Gasteiger partial charge in [0, 0.05) is 12.7 Å². The van der Waals surface area contributed by atoms with E-state index < -0.39 is 0 Å². The van der Waals surface area contributed by atoms with Crippen molar-refractivity contribution in [1.29, 1.82) is 0 Å². The molecule has 0 unspecified atom stereocenters. The lowest BCUT2D eigenvalue weighted by atomic mass is 10.3. The smallest absolute Gasteiger partial charge is 0.307 e. The van der Waals surface area contributed by atoms with Gasteiger partial charge in [0.15, 0.2) is 11.6 Å². The summed E-state index contributed by atoms with van der Waals surface area (Å²) in [5.74, 6) is 1.12. The number of carbonyl (C=O) groups is 1. The van der Waals surface area contributed by atoms with E-state index in [1.165, 1.54) is 0 Å². The monoisotopic (exact) mass is 252 g/mol. The lowest BCUT2D eigenvalue weighted by molar-refractivity contribution is -0.142. The van der Waals surface area contributed by atoms with Crippen LogP contribution in [-0.2, 0) is 9.53 Å². The highest BCUT2D eigenvalue weighted by Gasteiger charge is 2.07. The fraction of sp³-hybridized carbons (Fsp3) is 0.538. The molecule has 0 fully saturated rings. The molecular formula is C13H20N2O3. The van der Waals surface area contributed by atoms with E-state index in [0.29, 0.717) is 31.1 Å². The van der Waals surface area contributed by atoms with Crippen molar-refractivity contribution in [3.63, 3.8) is 0 Å². The number of anilines is 1. The summed E-state index contributed by atoms with van der Waals surface area (Å²) >= 11 is 0. The fourth-order valence-corrected chi connectivity index (χ4v) is 1.39. The van der Waals surface area contributed by atoms with E-state index in [4.69, 9.17) is 9.47 Å². The molecule has 0 aromatic carbocycles. The van der Waals surface area contributed by atoms with Crippen molar-refractivity contribution in [2.45, 2.75) is 33.3 Å². The number of ether oxygens (including phenoxy) is 2. The van der Waals surface area contributed by atoms with Crippen LogP contribution < -0.4 is 10.1 Å². The van der Waals surface area contributed by atoms with E-state index in [9.17, 15) is 4.79 Å². The van der Waals surface area contributed by atoms with Gasteiger partial charge < -0.3 is 14.8 Å². The molecule has 0 radical (unpaired) electrons. The maximum Gasteiger partial charge on any atom is 0.307 e. The van der Waals surface area contributed by atoms with Crippen LogP contribution in [0.1, 0.15) is 27.2 Å². The molecule has 0 bridgehead atoms. The van der Waals surface area contributed by atoms with Crippen molar-refractivity contribution in [3.05, 3.63) is 18.3 Å². The Hall–Kier alpha value is -1.78. The van der Waals surface area contributed by atoms with Crippen LogP contribution in [0.4, 0.5) is 5.82 Å². The first-order valence-electron chi connectivity index (χ1n) is 6.14. The summed E-state index contributed by atoms with van der Waals surface area (Å²) in [6, 6.07) is 3.66. The number of hydrogen-bond acceptors (Lipinski definition) is 5. The molecule has 0 atom stereocenters. The molecule has 5 nitrogen and oxygen atoms in total. The molecule has 18 heavy (non-hydrogen) atoms. The lowest BCUT2D eigenvalue weighted by Gasteiger charge is -2.14. The fourth-order valence-electron chi connectivity index (χ4n) is 1.39. The summed E-state index contributed by atoms with van der Waals surface area (Å²) in [4.78, 5) is 15.4. The number of pyridine rings is 1. The second kappa shape index (κ2) is 7.53. The number of carbonyl (C=O) groups excluding carboxylic acids is 1. The normalized spacial score (nSPS) is 10.2. The second-order valence-electron chi connectivity index (χ2n) is 4.00. The lowest BCUT2D eigenvalue weighted by Crippen LogP contribution is -2.14. The topological polar surface area (TPSA) is 60.5 Å². The molecule has 1 N–H and O–H groups in total. The van der Waals surface area contributed by atoms with Crippen LogP contribution in [0, 0.1) is 0 Å². The summed E-state index contributed by atoms with van der Waals surface area (Å²) in [5.41, 5.74) is 0. The summed E-state index contributed by atoms with van der Waals surface area (Å²) in [6.45, 7) is 6.58. The van der Waals surface area contributed by atoms with E-state index in [1.807, 2.05) is 26.0 Å². The average Bonchev–Trinajstić information content (AvgIpc) is 2.31. The molecular weight excluding hydrogens is 232 g/mol. The molecule has 0 aliphatic rings. The Morgan fingerprint density at radius 2 is 2.28 bits per heavy atom. The third-order valence-electron chi connectivity index (χ3n) is 2.06. The standard InChI is InChI=1S/C13H20N2O3/c1-4-17-12(16)7-9-15-13-11(18-10(2)3)6-5-8-14-13/h5-6,8,10H,4,7,9H2,1-3H3,(H,14,15). The highest BCUT2D eigenvalue weighted by molar-refractivity contribution is 5.70. The molecule has 0 amide bonds. The van der Waals surface area contributed by atoms with Crippen molar-refractivity contribution >= 4 is 11.8 Å². The van der Waals surface area contributed by atoms with Crippen molar-refractivity contribution in [3.8, 4) is 5.75 Å². The van der Waals surface area contributed by atoms with E-state index in [1.54, 1.807) is 13.1 Å². The Bertz CT molecular complexity index is 380. The summed E-state index contributed by atoms with van der Waals surface area (Å²) in [6.07, 6.45) is 2.07. The first-order valence-corrected chi connectivity index (χ1v) is 6.14. The van der Waals surface area contributed by atoms with Gasteiger partial charge >= 0.3 is 5.97 Å². The minimum absolute atomic E-state index is 0.0832. The zero-order valence-electron chi connectivity index (χ0n) is 11.1. The summed E-state index contributed by atoms with van der Waals surface area (Å²) in [5, 5.41) is 3.07. The van der Waals surface area contributed by atoms with E-state index >= 15 is 0 Å². The Labute approximate surface area is 108 Å². The van der Waals surface area contributed by atoms with Gasteiger partial charge in [-0.1, -0.05) is 0 Å². The molecule has 5 heteroatoms. The molecule has 1 aromatic heterocycles. The zero-order valence-corrected chi connectivity index (χ0v) is 11.1. The van der Waals surface area contributed by atoms with Crippen molar-refractivity contribution < 1.29 is 14.3 Å². The van der Waals surface area contributed by atoms with E-state index in [2.05, 4.69) is 10.3 Å². The number of rotatable bonds is 7. The van der Waals surface area contributed by atoms with Gasteiger partial charge in [-0.25, -0.2) is 4.98 Å². The van der Waals surface area contributed by atoms with Gasteiger partial charge in [0.05, 0.1) is 19.1 Å². The summed E-state index contributed by atoms with van der Waals surface area (Å²) < 4.78 is 10.5. The van der Waals surface area contributed by atoms with Crippen molar-refractivity contribution in [1.82, 2.24) is 4.98 Å². The van der Waals surface area contributed by atoms with Crippen molar-refractivity contribution in [2.24, 2.45) is 0 Å². The molecule has 1 aromatic rings. The number of nitrogens with one attached hydrogen (secondary N) is 1. The van der Waals surface area contributed by atoms with Gasteiger partial charge in [0.25, 0.3) is 0 Å². The van der Waals surface area contributed by atoms with Gasteiger partial charge in [0.1, 0.15) is 0 Å². The predicted molar refractivity (Wildman–Crippen MR) is 69.7 cm³/mol. The Morgan fingerprint density at radius 3 is 2.94 bits per heavy atom. The summed E-state index contributed by atoms with van der Waals surface area (Å²) in [7, 11) is 0. The molecule has 0 saturated carbocycles. The van der Waals surface area contributed by atoms with Crippen LogP contribution >= 0.6 is 0 Å². The third-order valence-corrected chi connectivity index (χ3v) is 2.06. The number of hydrogen-bond donors (Lipinski definition) is 1. The molecule has 0 aliphatic carbocycles. The Morgan fingerprint density at radius 1 is 1.50 bits per heavy atom. The molecule has 0 saturated heterocycles. The first-order chi connectivity index (χ1) is 8.63. The number of nitrogens with zero attached hydrogens (tertiary/aromatic N) is 1. The quantitative estimate of drug-likeness (QED) is 0.754. The maximum absolute atomic E-state index is 11.2. The van der Waals surface area contributed by atoms with Gasteiger partial charge in [-0.3, -0.25) is 4.79 Å². The molecule has 1 heterocycles. The van der Waals surface area contributed by atoms with Crippen LogP contribution in [0.5, 0.6) is 5.75 Å². The minimum atomic E-state index is -0.216. The van der Waals surface area contributed by atoms with E-state index in [0.717, 1.165) is 0 Å².